The number of carbonyl (C=O) groups is 1. The number of amides is 1. The lowest BCUT2D eigenvalue weighted by Crippen LogP contribution is -2.32. The molecular formula is C13H18N2O3. The summed E-state index contributed by atoms with van der Waals surface area (Å²) in [5.41, 5.74) is 0.649. The molecule has 1 aromatic rings. The summed E-state index contributed by atoms with van der Waals surface area (Å²) in [6.07, 6.45) is 0.568. The molecule has 1 aromatic carbocycles. The lowest BCUT2D eigenvalue weighted by molar-refractivity contribution is 0.0523. The van der Waals surface area contributed by atoms with Crippen LogP contribution in [0.4, 0.5) is 4.79 Å². The van der Waals surface area contributed by atoms with Crippen LogP contribution < -0.4 is 5.32 Å². The monoisotopic (exact) mass is 250 g/mol. The van der Waals surface area contributed by atoms with E-state index in [1.165, 1.54) is 6.07 Å². The van der Waals surface area contributed by atoms with Crippen LogP contribution in [-0.2, 0) is 11.3 Å². The minimum absolute atomic E-state index is 0.0217. The number of phenolic OH excluding ortho intramolecular Hbond substituents is 1. The second-order valence-electron chi connectivity index (χ2n) is 4.89. The molecule has 5 heteroatoms. The van der Waals surface area contributed by atoms with Gasteiger partial charge in [0.1, 0.15) is 11.4 Å². The summed E-state index contributed by atoms with van der Waals surface area (Å²) < 4.78 is 5.09. The summed E-state index contributed by atoms with van der Waals surface area (Å²) in [7, 11) is 0. The number of rotatable bonds is 3. The van der Waals surface area contributed by atoms with Gasteiger partial charge >= 0.3 is 6.09 Å². The minimum atomic E-state index is -0.531. The van der Waals surface area contributed by atoms with Crippen LogP contribution >= 0.6 is 0 Å². The SMILES string of the molecule is CC(C)(C)OC(=O)NCc1ccc(C=N)c(O)c1. The maximum atomic E-state index is 11.4. The number of aromatic hydroxyl groups is 1. The molecule has 0 aliphatic carbocycles. The third kappa shape index (κ3) is 4.45. The largest absolute Gasteiger partial charge is 0.507 e. The first kappa shape index (κ1) is 14.0. The molecule has 5 nitrogen and oxygen atoms in total. The molecule has 0 fully saturated rings. The molecule has 0 aliphatic heterocycles. The average molecular weight is 250 g/mol. The molecule has 0 radical (unpaired) electrons. The number of ether oxygens (including phenoxy) is 1. The van der Waals surface area contributed by atoms with E-state index >= 15 is 0 Å². The van der Waals surface area contributed by atoms with E-state index < -0.39 is 11.7 Å². The molecular weight excluding hydrogens is 232 g/mol. The van der Waals surface area contributed by atoms with Gasteiger partial charge < -0.3 is 20.6 Å². The Hall–Kier alpha value is -2.04. The van der Waals surface area contributed by atoms with Gasteiger partial charge in [0, 0.05) is 18.3 Å². The molecule has 18 heavy (non-hydrogen) atoms. The quantitative estimate of drug-likeness (QED) is 0.720. The summed E-state index contributed by atoms with van der Waals surface area (Å²) in [6, 6.07) is 4.86. The first-order valence-corrected chi connectivity index (χ1v) is 5.61. The first-order chi connectivity index (χ1) is 8.31. The van der Waals surface area contributed by atoms with Crippen LogP contribution in [0.15, 0.2) is 18.2 Å². The van der Waals surface area contributed by atoms with Gasteiger partial charge in [-0.2, -0.15) is 0 Å². The van der Waals surface area contributed by atoms with Crippen molar-refractivity contribution < 1.29 is 14.6 Å². The number of carbonyl (C=O) groups excluding carboxylic acids is 1. The Bertz CT molecular complexity index is 450. The Labute approximate surface area is 106 Å². The van der Waals surface area contributed by atoms with E-state index in [0.717, 1.165) is 11.8 Å². The second-order valence-corrected chi connectivity index (χ2v) is 4.89. The first-order valence-electron chi connectivity index (χ1n) is 5.61. The van der Waals surface area contributed by atoms with Gasteiger partial charge in [-0.25, -0.2) is 4.79 Å². The van der Waals surface area contributed by atoms with Crippen LogP contribution in [0.5, 0.6) is 5.75 Å². The summed E-state index contributed by atoms with van der Waals surface area (Å²) in [6.45, 7) is 5.63. The van der Waals surface area contributed by atoms with Crippen LogP contribution in [0.1, 0.15) is 31.9 Å². The average Bonchev–Trinajstić information content (AvgIpc) is 2.24. The molecule has 0 saturated heterocycles. The van der Waals surface area contributed by atoms with Gasteiger partial charge in [0.2, 0.25) is 0 Å². The van der Waals surface area contributed by atoms with Gasteiger partial charge in [0.25, 0.3) is 0 Å². The van der Waals surface area contributed by atoms with E-state index in [1.54, 1.807) is 32.9 Å². The topological polar surface area (TPSA) is 82.4 Å². The van der Waals surface area contributed by atoms with Crippen molar-refractivity contribution in [3.8, 4) is 5.75 Å². The fraction of sp³-hybridized carbons (Fsp3) is 0.385. The molecule has 3 N–H and O–H groups in total. The molecule has 0 saturated carbocycles. The molecule has 98 valence electrons. The number of hydrogen-bond acceptors (Lipinski definition) is 4. The van der Waals surface area contributed by atoms with Crippen LogP contribution in [0, 0.1) is 5.41 Å². The van der Waals surface area contributed by atoms with E-state index in [9.17, 15) is 9.90 Å². The maximum absolute atomic E-state index is 11.4. The van der Waals surface area contributed by atoms with E-state index in [-0.39, 0.29) is 12.3 Å². The zero-order chi connectivity index (χ0) is 13.8. The van der Waals surface area contributed by atoms with Crippen LogP contribution in [0.3, 0.4) is 0 Å². The smallest absolute Gasteiger partial charge is 0.407 e. The number of nitrogens with one attached hydrogen (secondary N) is 2. The van der Waals surface area contributed by atoms with Gasteiger partial charge in [-0.15, -0.1) is 0 Å². The van der Waals surface area contributed by atoms with Crippen molar-refractivity contribution in [1.29, 1.82) is 5.41 Å². The van der Waals surface area contributed by atoms with Gasteiger partial charge in [0.05, 0.1) is 0 Å². The van der Waals surface area contributed by atoms with E-state index in [1.807, 2.05) is 0 Å². The highest BCUT2D eigenvalue weighted by Gasteiger charge is 2.15. The van der Waals surface area contributed by atoms with E-state index in [0.29, 0.717) is 5.56 Å². The molecule has 0 aliphatic rings. The van der Waals surface area contributed by atoms with Crippen molar-refractivity contribution >= 4 is 12.3 Å². The molecule has 0 bridgehead atoms. The molecule has 0 aromatic heterocycles. The fourth-order valence-corrected chi connectivity index (χ4v) is 1.31. The predicted molar refractivity (Wildman–Crippen MR) is 69.1 cm³/mol. The lowest BCUT2D eigenvalue weighted by Gasteiger charge is -2.19. The van der Waals surface area contributed by atoms with Gasteiger partial charge in [-0.3, -0.25) is 0 Å². The minimum Gasteiger partial charge on any atom is -0.507 e. The van der Waals surface area contributed by atoms with E-state index in [4.69, 9.17) is 10.1 Å². The second kappa shape index (κ2) is 5.53. The van der Waals surface area contributed by atoms with Crippen molar-refractivity contribution in [1.82, 2.24) is 5.32 Å². The molecule has 0 unspecified atom stereocenters. The van der Waals surface area contributed by atoms with Crippen LogP contribution in [0.2, 0.25) is 0 Å². The van der Waals surface area contributed by atoms with Crippen LogP contribution in [0.25, 0.3) is 0 Å². The highest BCUT2D eigenvalue weighted by Crippen LogP contribution is 2.16. The van der Waals surface area contributed by atoms with Gasteiger partial charge in [0.15, 0.2) is 0 Å². The maximum Gasteiger partial charge on any atom is 0.407 e. The number of benzene rings is 1. The molecule has 0 heterocycles. The zero-order valence-corrected chi connectivity index (χ0v) is 10.8. The standard InChI is InChI=1S/C13H18N2O3/c1-13(2,3)18-12(17)15-8-9-4-5-10(7-14)11(16)6-9/h4-7,14,16H,8H2,1-3H3,(H,15,17). The Morgan fingerprint density at radius 3 is 2.67 bits per heavy atom. The van der Waals surface area contributed by atoms with E-state index in [2.05, 4.69) is 5.32 Å². The third-order valence-electron chi connectivity index (χ3n) is 2.09. The third-order valence-corrected chi connectivity index (χ3v) is 2.09. The Morgan fingerprint density at radius 2 is 2.17 bits per heavy atom. The molecule has 1 rings (SSSR count). The lowest BCUT2D eigenvalue weighted by atomic mass is 10.1. The normalized spacial score (nSPS) is 10.8. The van der Waals surface area contributed by atoms with Gasteiger partial charge in [-0.05, 0) is 38.5 Å². The van der Waals surface area contributed by atoms with Gasteiger partial charge in [-0.1, -0.05) is 6.07 Å². The van der Waals surface area contributed by atoms with Crippen molar-refractivity contribution in [3.05, 3.63) is 29.3 Å². The number of phenols is 1. The number of hydrogen-bond donors (Lipinski definition) is 3. The summed E-state index contributed by atoms with van der Waals surface area (Å²) in [4.78, 5) is 11.4. The highest BCUT2D eigenvalue weighted by atomic mass is 16.6. The van der Waals surface area contributed by atoms with Crippen molar-refractivity contribution in [2.45, 2.75) is 32.9 Å². The summed E-state index contributed by atoms with van der Waals surface area (Å²) in [5.74, 6) is 0.0217. The zero-order valence-electron chi connectivity index (χ0n) is 10.8. The predicted octanol–water partition coefficient (Wildman–Crippen LogP) is 2.41. The molecule has 0 spiro atoms. The molecule has 1 amide bonds. The van der Waals surface area contributed by atoms with Crippen molar-refractivity contribution in [2.75, 3.05) is 0 Å². The highest BCUT2D eigenvalue weighted by molar-refractivity contribution is 5.81. The van der Waals surface area contributed by atoms with Crippen LogP contribution in [-0.4, -0.2) is 23.0 Å². The number of alkyl carbamates (subject to hydrolysis) is 1. The molecule has 0 atom stereocenters. The Morgan fingerprint density at radius 1 is 1.50 bits per heavy atom. The Kier molecular flexibility index (Phi) is 4.31. The Balaban J connectivity index is 2.56. The van der Waals surface area contributed by atoms with Crippen molar-refractivity contribution in [2.24, 2.45) is 0 Å². The fourth-order valence-electron chi connectivity index (χ4n) is 1.31. The summed E-state index contributed by atoms with van der Waals surface area (Å²) >= 11 is 0. The van der Waals surface area contributed by atoms with Crippen molar-refractivity contribution in [3.63, 3.8) is 0 Å². The summed E-state index contributed by atoms with van der Waals surface area (Å²) in [5, 5.41) is 19.2.